The van der Waals surface area contributed by atoms with Gasteiger partial charge in [-0.1, -0.05) is 0 Å². The third-order valence-corrected chi connectivity index (χ3v) is 0.675. The quantitative estimate of drug-likeness (QED) is 0.372. The van der Waals surface area contributed by atoms with Crippen molar-refractivity contribution in [2.24, 2.45) is 0 Å². The minimum Gasteiger partial charge on any atom is -0.359 e. The first-order valence-electron chi connectivity index (χ1n) is 2.15. The van der Waals surface area contributed by atoms with E-state index in [2.05, 4.69) is 4.74 Å². The fourth-order valence-electron chi connectivity index (χ4n) is 0.279. The van der Waals surface area contributed by atoms with E-state index in [0.717, 1.165) is 6.61 Å². The van der Waals surface area contributed by atoms with Gasteiger partial charge in [-0.3, -0.25) is 0 Å². The maximum Gasteiger partial charge on any atom is 0.183 e. The molecular weight excluding hydrogens is 96.0 g/mol. The lowest BCUT2D eigenvalue weighted by Crippen LogP contribution is -1.98. The van der Waals surface area contributed by atoms with Crippen LogP contribution in [-0.2, 0) is 14.2 Å². The van der Waals surface area contributed by atoms with Gasteiger partial charge in [-0.2, -0.15) is 0 Å². The van der Waals surface area contributed by atoms with Crippen molar-refractivity contribution in [2.45, 2.75) is 6.29 Å². The largest absolute Gasteiger partial charge is 0.359 e. The lowest BCUT2D eigenvalue weighted by atomic mass is 10.9. The lowest BCUT2D eigenvalue weighted by Gasteiger charge is -1.93. The first-order valence-corrected chi connectivity index (χ1v) is 2.15. The van der Waals surface area contributed by atoms with Crippen LogP contribution in [0.2, 0.25) is 0 Å². The van der Waals surface area contributed by atoms with Crippen molar-refractivity contribution in [2.75, 3.05) is 20.5 Å². The molecule has 1 saturated heterocycles. The molecule has 0 aromatic heterocycles. The molecule has 7 heavy (non-hydrogen) atoms. The number of methoxy groups -OCH3 is 1. The number of hydrogen-bond donors (Lipinski definition) is 0. The van der Waals surface area contributed by atoms with E-state index < -0.39 is 0 Å². The van der Waals surface area contributed by atoms with Gasteiger partial charge >= 0.3 is 0 Å². The number of rotatable bonds is 3. The molecule has 3 heteroatoms. The highest BCUT2D eigenvalue weighted by Crippen LogP contribution is 2.08. The fourth-order valence-corrected chi connectivity index (χ4v) is 0.279. The van der Waals surface area contributed by atoms with Gasteiger partial charge in [-0.15, -0.1) is 0 Å². The maximum atomic E-state index is 4.86. The van der Waals surface area contributed by atoms with E-state index >= 15 is 0 Å². The molecule has 0 radical (unpaired) electrons. The van der Waals surface area contributed by atoms with Crippen LogP contribution < -0.4 is 0 Å². The number of ether oxygens (including phenoxy) is 3. The Morgan fingerprint density at radius 3 is 3.00 bits per heavy atom. The van der Waals surface area contributed by atoms with Crippen LogP contribution in [0.1, 0.15) is 0 Å². The summed E-state index contributed by atoms with van der Waals surface area (Å²) in [5.74, 6) is 0. The molecule has 1 unspecified atom stereocenters. The molecule has 0 bridgehead atoms. The van der Waals surface area contributed by atoms with Gasteiger partial charge in [0.1, 0.15) is 13.4 Å². The third-order valence-electron chi connectivity index (χ3n) is 0.675. The highest BCUT2D eigenvalue weighted by molar-refractivity contribution is 4.52. The van der Waals surface area contributed by atoms with Gasteiger partial charge in [0, 0.05) is 7.11 Å². The first kappa shape index (κ1) is 5.03. The van der Waals surface area contributed by atoms with Gasteiger partial charge in [0.25, 0.3) is 0 Å². The molecule has 1 heterocycles. The Morgan fingerprint density at radius 2 is 2.57 bits per heavy atom. The van der Waals surface area contributed by atoms with Crippen molar-refractivity contribution < 1.29 is 14.2 Å². The summed E-state index contributed by atoms with van der Waals surface area (Å²) in [6, 6.07) is 0. The van der Waals surface area contributed by atoms with Crippen molar-refractivity contribution in [3.63, 3.8) is 0 Å². The molecule has 3 nitrogen and oxygen atoms in total. The van der Waals surface area contributed by atoms with Crippen molar-refractivity contribution in [3.05, 3.63) is 0 Å². The highest BCUT2D eigenvalue weighted by atomic mass is 16.8. The molecule has 1 rings (SSSR count). The van der Waals surface area contributed by atoms with Crippen LogP contribution in [0, 0.1) is 0 Å². The van der Waals surface area contributed by atoms with Gasteiger partial charge < -0.3 is 14.2 Å². The van der Waals surface area contributed by atoms with Gasteiger partial charge in [0.15, 0.2) is 6.29 Å². The summed E-state index contributed by atoms with van der Waals surface area (Å²) >= 11 is 0. The van der Waals surface area contributed by atoms with Crippen molar-refractivity contribution in [1.29, 1.82) is 0 Å². The Balaban J connectivity index is 1.80. The van der Waals surface area contributed by atoms with Crippen LogP contribution in [0.5, 0.6) is 0 Å². The van der Waals surface area contributed by atoms with E-state index in [1.807, 2.05) is 0 Å². The predicted molar refractivity (Wildman–Crippen MR) is 22.7 cm³/mol. The molecule has 0 aliphatic carbocycles. The monoisotopic (exact) mass is 104 g/mol. The molecule has 1 aliphatic heterocycles. The van der Waals surface area contributed by atoms with Gasteiger partial charge in [0.05, 0.1) is 0 Å². The highest BCUT2D eigenvalue weighted by Gasteiger charge is 2.22. The average Bonchev–Trinajstić information content (AvgIpc) is 2.42. The molecule has 1 atom stereocenters. The zero-order chi connectivity index (χ0) is 5.11. The van der Waals surface area contributed by atoms with Crippen LogP contribution in [-0.4, -0.2) is 26.8 Å². The second-order valence-electron chi connectivity index (χ2n) is 1.34. The molecule has 0 amide bonds. The molecule has 1 aliphatic rings. The van der Waals surface area contributed by atoms with E-state index in [-0.39, 0.29) is 6.29 Å². The minimum absolute atomic E-state index is 0.0277. The van der Waals surface area contributed by atoms with Crippen LogP contribution >= 0.6 is 0 Å². The lowest BCUT2D eigenvalue weighted by molar-refractivity contribution is -0.0689. The topological polar surface area (TPSA) is 31.0 Å². The number of hydrogen-bond acceptors (Lipinski definition) is 3. The van der Waals surface area contributed by atoms with Gasteiger partial charge in [-0.05, 0) is 0 Å². The van der Waals surface area contributed by atoms with Crippen molar-refractivity contribution >= 4 is 0 Å². The maximum absolute atomic E-state index is 4.86. The normalized spacial score (nSPS) is 27.9. The summed E-state index contributed by atoms with van der Waals surface area (Å²) < 4.78 is 14.2. The molecule has 0 aromatic rings. The van der Waals surface area contributed by atoms with Crippen LogP contribution in [0.4, 0.5) is 0 Å². The Hall–Kier alpha value is -0.120. The first-order chi connectivity index (χ1) is 3.43. The van der Waals surface area contributed by atoms with E-state index in [1.54, 1.807) is 7.11 Å². The van der Waals surface area contributed by atoms with E-state index in [1.165, 1.54) is 0 Å². The summed E-state index contributed by atoms with van der Waals surface area (Å²) in [6.45, 7) is 1.06. The summed E-state index contributed by atoms with van der Waals surface area (Å²) in [6.07, 6.45) is 0.0277. The standard InChI is InChI=1S/C4H8O3/c1-5-3-7-4-2-6-4/h4H,2-3H2,1H3. The van der Waals surface area contributed by atoms with Crippen LogP contribution in [0.15, 0.2) is 0 Å². The Labute approximate surface area is 42.2 Å². The van der Waals surface area contributed by atoms with Crippen molar-refractivity contribution in [3.8, 4) is 0 Å². The second kappa shape index (κ2) is 2.26. The summed E-state index contributed by atoms with van der Waals surface area (Å²) in [5.41, 5.74) is 0. The number of epoxide rings is 1. The van der Waals surface area contributed by atoms with E-state index in [9.17, 15) is 0 Å². The molecule has 0 spiro atoms. The van der Waals surface area contributed by atoms with Crippen LogP contribution in [0.25, 0.3) is 0 Å². The Morgan fingerprint density at radius 1 is 1.86 bits per heavy atom. The molecule has 0 N–H and O–H groups in total. The molecule has 0 aromatic carbocycles. The van der Waals surface area contributed by atoms with Crippen LogP contribution in [0.3, 0.4) is 0 Å². The molecule has 42 valence electrons. The SMILES string of the molecule is COCOC1CO1. The smallest absolute Gasteiger partial charge is 0.183 e. The molecule has 0 saturated carbocycles. The third kappa shape index (κ3) is 1.87. The Bertz CT molecular complexity index is 50.9. The second-order valence-corrected chi connectivity index (χ2v) is 1.34. The zero-order valence-electron chi connectivity index (χ0n) is 4.22. The zero-order valence-corrected chi connectivity index (χ0v) is 4.22. The summed E-state index contributed by atoms with van der Waals surface area (Å²) in [4.78, 5) is 0. The van der Waals surface area contributed by atoms with E-state index in [4.69, 9.17) is 9.47 Å². The average molecular weight is 104 g/mol. The summed E-state index contributed by atoms with van der Waals surface area (Å²) in [7, 11) is 1.59. The van der Waals surface area contributed by atoms with Gasteiger partial charge in [-0.25, -0.2) is 0 Å². The van der Waals surface area contributed by atoms with Crippen molar-refractivity contribution in [1.82, 2.24) is 0 Å². The molecular formula is C4H8O3. The predicted octanol–water partition coefficient (Wildman–Crippen LogP) is -0.0368. The minimum atomic E-state index is 0.0277. The molecule has 1 fully saturated rings. The summed E-state index contributed by atoms with van der Waals surface area (Å²) in [5, 5.41) is 0. The van der Waals surface area contributed by atoms with Gasteiger partial charge in [0.2, 0.25) is 0 Å². The van der Waals surface area contributed by atoms with E-state index in [0.29, 0.717) is 6.79 Å². The fraction of sp³-hybridized carbons (Fsp3) is 1.00. The Kier molecular flexibility index (Phi) is 1.62.